The average Bonchev–Trinajstić information content (AvgIpc) is 2.95. The molecule has 1 heterocycles. The lowest BCUT2D eigenvalue weighted by Crippen LogP contribution is -2.50. The lowest BCUT2D eigenvalue weighted by atomic mass is 10.0. The van der Waals surface area contributed by atoms with Gasteiger partial charge in [0.15, 0.2) is 0 Å². The van der Waals surface area contributed by atoms with E-state index in [1.54, 1.807) is 47.4 Å². The molecule has 214 valence electrons. The van der Waals surface area contributed by atoms with Crippen molar-refractivity contribution in [3.63, 3.8) is 0 Å². The number of fused-ring (bicyclic) bond motifs is 2. The third-order valence-corrected chi connectivity index (χ3v) is 9.07. The van der Waals surface area contributed by atoms with Crippen LogP contribution in [0.3, 0.4) is 0 Å². The first kappa shape index (κ1) is 29.0. The predicted octanol–water partition coefficient (Wildman–Crippen LogP) is 5.48. The molecule has 1 aliphatic heterocycles. The Morgan fingerprint density at radius 2 is 1.54 bits per heavy atom. The van der Waals surface area contributed by atoms with Crippen LogP contribution in [-0.4, -0.2) is 66.8 Å². The number of piperazine rings is 1. The van der Waals surface area contributed by atoms with Gasteiger partial charge in [-0.25, -0.2) is 13.5 Å². The molecule has 5 rings (SSSR count). The summed E-state index contributed by atoms with van der Waals surface area (Å²) in [6.07, 6.45) is 0.658. The van der Waals surface area contributed by atoms with Gasteiger partial charge in [0.2, 0.25) is 16.4 Å². The number of hydroxylamine groups is 2. The molecule has 0 bridgehead atoms. The zero-order valence-corrected chi connectivity index (χ0v) is 24.8. The summed E-state index contributed by atoms with van der Waals surface area (Å²) < 4.78 is 28.1. The summed E-state index contributed by atoms with van der Waals surface area (Å²) in [4.78, 5) is 32.5. The third kappa shape index (κ3) is 6.54. The molecular weight excluding hydrogens is 562 g/mol. The molecule has 10 heteroatoms. The van der Waals surface area contributed by atoms with Crippen molar-refractivity contribution < 1.29 is 22.8 Å². The van der Waals surface area contributed by atoms with Crippen molar-refractivity contribution >= 4 is 55.5 Å². The van der Waals surface area contributed by atoms with Gasteiger partial charge in [-0.2, -0.15) is 4.31 Å². The first-order valence-corrected chi connectivity index (χ1v) is 15.2. The van der Waals surface area contributed by atoms with Crippen molar-refractivity contribution in [2.75, 3.05) is 26.2 Å². The topological polar surface area (TPSA) is 87.2 Å². The lowest BCUT2D eigenvalue weighted by Gasteiger charge is -2.34. The monoisotopic (exact) mass is 593 g/mol. The van der Waals surface area contributed by atoms with Crippen molar-refractivity contribution in [2.45, 2.75) is 37.8 Å². The largest absolute Gasteiger partial charge is 0.336 e. The van der Waals surface area contributed by atoms with Crippen LogP contribution in [0.5, 0.6) is 0 Å². The van der Waals surface area contributed by atoms with Crippen molar-refractivity contribution in [2.24, 2.45) is 0 Å². The van der Waals surface area contributed by atoms with Crippen molar-refractivity contribution in [1.29, 1.82) is 0 Å². The fourth-order valence-electron chi connectivity index (χ4n) is 4.97. The molecule has 0 unspecified atom stereocenters. The van der Waals surface area contributed by atoms with Crippen LogP contribution >= 0.6 is 11.6 Å². The number of rotatable bonds is 7. The van der Waals surface area contributed by atoms with E-state index < -0.39 is 15.6 Å². The third-order valence-electron chi connectivity index (χ3n) is 6.94. The van der Waals surface area contributed by atoms with Gasteiger partial charge in [-0.15, -0.1) is 0 Å². The Balaban J connectivity index is 1.27. The van der Waals surface area contributed by atoms with Crippen LogP contribution in [0, 0.1) is 0 Å². The number of nitrogens with zero attached hydrogens (tertiary/aromatic N) is 3. The minimum atomic E-state index is -3.71. The number of carbonyl (C=O) groups excluding carboxylic acids is 2. The lowest BCUT2D eigenvalue weighted by molar-refractivity contribution is -0.220. The number of hydrogen-bond acceptors (Lipinski definition) is 5. The van der Waals surface area contributed by atoms with Gasteiger partial charge < -0.3 is 4.90 Å². The molecule has 0 atom stereocenters. The summed E-state index contributed by atoms with van der Waals surface area (Å²) in [5.74, 6) is -0.150. The second kappa shape index (κ2) is 11.4. The SMILES string of the molecule is CC(C)(C)ON(C=O)Cc1ccc2ccc(C(=O)N3CCN(S(=O)(=O)c4ccc5cc(Cl)ccc5c4)CC3)cc2c1. The van der Waals surface area contributed by atoms with E-state index in [2.05, 4.69) is 0 Å². The Hall–Kier alpha value is -3.50. The van der Waals surface area contributed by atoms with Crippen LogP contribution in [0.15, 0.2) is 77.7 Å². The van der Waals surface area contributed by atoms with Crippen LogP contribution in [0.2, 0.25) is 5.02 Å². The van der Waals surface area contributed by atoms with Crippen molar-refractivity contribution in [3.8, 4) is 0 Å². The molecule has 0 spiro atoms. The van der Waals surface area contributed by atoms with Crippen LogP contribution in [0.4, 0.5) is 0 Å². The smallest absolute Gasteiger partial charge is 0.253 e. The second-order valence-corrected chi connectivity index (χ2v) is 13.5. The highest BCUT2D eigenvalue weighted by atomic mass is 35.5. The minimum Gasteiger partial charge on any atom is -0.336 e. The van der Waals surface area contributed by atoms with Gasteiger partial charge in [0, 0.05) is 36.8 Å². The molecule has 0 saturated carbocycles. The molecule has 0 radical (unpaired) electrons. The van der Waals surface area contributed by atoms with Crippen LogP contribution < -0.4 is 0 Å². The number of benzene rings is 4. The molecule has 1 aliphatic rings. The highest BCUT2D eigenvalue weighted by molar-refractivity contribution is 7.89. The fraction of sp³-hybridized carbons (Fsp3) is 0.290. The van der Waals surface area contributed by atoms with E-state index in [0.717, 1.165) is 27.1 Å². The van der Waals surface area contributed by atoms with E-state index in [4.69, 9.17) is 16.4 Å². The van der Waals surface area contributed by atoms with Gasteiger partial charge in [0.25, 0.3) is 5.91 Å². The van der Waals surface area contributed by atoms with Gasteiger partial charge in [-0.1, -0.05) is 41.9 Å². The van der Waals surface area contributed by atoms with Crippen LogP contribution in [-0.2, 0) is 26.2 Å². The summed E-state index contributed by atoms with van der Waals surface area (Å²) >= 11 is 6.06. The van der Waals surface area contributed by atoms with Gasteiger partial charge in [0.05, 0.1) is 17.0 Å². The molecule has 41 heavy (non-hydrogen) atoms. The fourth-order valence-corrected chi connectivity index (χ4v) is 6.61. The van der Waals surface area contributed by atoms with E-state index in [-0.39, 0.29) is 43.5 Å². The van der Waals surface area contributed by atoms with E-state index in [1.165, 1.54) is 9.37 Å². The molecule has 0 aliphatic carbocycles. The Morgan fingerprint density at radius 1 is 0.878 bits per heavy atom. The number of carbonyl (C=O) groups is 2. The number of hydrogen-bond donors (Lipinski definition) is 0. The zero-order valence-electron chi connectivity index (χ0n) is 23.2. The first-order chi connectivity index (χ1) is 19.4. The number of halogens is 1. The Bertz CT molecular complexity index is 1730. The van der Waals surface area contributed by atoms with Gasteiger partial charge in [0.1, 0.15) is 0 Å². The summed E-state index contributed by atoms with van der Waals surface area (Å²) in [6, 6.07) is 21.7. The maximum Gasteiger partial charge on any atom is 0.253 e. The quantitative estimate of drug-likeness (QED) is 0.209. The molecule has 2 amide bonds. The Labute approximate surface area is 245 Å². The molecular formula is C31H32ClN3O5S. The highest BCUT2D eigenvalue weighted by Gasteiger charge is 2.30. The first-order valence-electron chi connectivity index (χ1n) is 13.4. The molecule has 1 fully saturated rings. The zero-order chi connectivity index (χ0) is 29.4. The van der Waals surface area contributed by atoms with Crippen molar-refractivity contribution in [3.05, 3.63) is 88.9 Å². The van der Waals surface area contributed by atoms with Crippen LogP contribution in [0.25, 0.3) is 21.5 Å². The molecule has 0 N–H and O–H groups in total. The summed E-state index contributed by atoms with van der Waals surface area (Å²) in [5.41, 5.74) is 0.886. The van der Waals surface area contributed by atoms with Crippen LogP contribution in [0.1, 0.15) is 36.7 Å². The maximum absolute atomic E-state index is 13.4. The molecule has 0 aromatic heterocycles. The molecule has 4 aromatic rings. The number of amides is 2. The van der Waals surface area contributed by atoms with E-state index in [1.807, 2.05) is 51.1 Å². The van der Waals surface area contributed by atoms with Crippen molar-refractivity contribution in [1.82, 2.24) is 14.3 Å². The van der Waals surface area contributed by atoms with E-state index in [0.29, 0.717) is 17.0 Å². The standard InChI is InChI=1S/C31H32ClN3O5S/c1-31(2,3)40-34(21-36)20-22-4-5-23-6-7-26(17-27(23)16-22)30(37)33-12-14-35(15-13-33)41(38,39)29-11-9-24-18-28(32)10-8-25(24)19-29/h4-11,16-19,21H,12-15,20H2,1-3H3. The van der Waals surface area contributed by atoms with E-state index in [9.17, 15) is 18.0 Å². The summed E-state index contributed by atoms with van der Waals surface area (Å²) in [7, 11) is -3.71. The predicted molar refractivity (Wildman–Crippen MR) is 160 cm³/mol. The summed E-state index contributed by atoms with van der Waals surface area (Å²) in [6.45, 7) is 6.89. The van der Waals surface area contributed by atoms with Gasteiger partial charge >= 0.3 is 0 Å². The van der Waals surface area contributed by atoms with Gasteiger partial charge in [-0.05, 0) is 90.3 Å². The Morgan fingerprint density at radius 3 is 2.24 bits per heavy atom. The highest BCUT2D eigenvalue weighted by Crippen LogP contribution is 2.26. The molecule has 8 nitrogen and oxygen atoms in total. The average molecular weight is 594 g/mol. The Kier molecular flexibility index (Phi) is 8.07. The minimum absolute atomic E-state index is 0.150. The maximum atomic E-state index is 13.4. The van der Waals surface area contributed by atoms with Gasteiger partial charge in [-0.3, -0.25) is 14.4 Å². The molecule has 4 aromatic carbocycles. The normalized spacial score (nSPS) is 14.9. The second-order valence-electron chi connectivity index (χ2n) is 11.1. The molecule has 1 saturated heterocycles. The number of sulfonamides is 1. The summed E-state index contributed by atoms with van der Waals surface area (Å²) in [5, 5.41) is 5.35. The van der Waals surface area contributed by atoms with E-state index >= 15 is 0 Å².